The van der Waals surface area contributed by atoms with Gasteiger partial charge in [-0.25, -0.2) is 0 Å². The van der Waals surface area contributed by atoms with Gasteiger partial charge in [-0.2, -0.15) is 0 Å². The first-order chi connectivity index (χ1) is 11.0. The maximum Gasteiger partial charge on any atom is 0.221 e. The van der Waals surface area contributed by atoms with E-state index < -0.39 is 0 Å². The lowest BCUT2D eigenvalue weighted by molar-refractivity contribution is -0.114. The largest absolute Gasteiger partial charge is 0.454 e. The van der Waals surface area contributed by atoms with E-state index in [-0.39, 0.29) is 5.91 Å². The molecule has 0 aliphatic heterocycles. The van der Waals surface area contributed by atoms with E-state index in [1.807, 2.05) is 36.4 Å². The summed E-state index contributed by atoms with van der Waals surface area (Å²) in [5.41, 5.74) is 0.611. The second-order valence-corrected chi connectivity index (χ2v) is 5.81. The molecule has 0 saturated heterocycles. The third kappa shape index (κ3) is 3.41. The minimum absolute atomic E-state index is 0.160. The highest BCUT2D eigenvalue weighted by Gasteiger charge is 2.10. The molecule has 0 unspecified atom stereocenters. The van der Waals surface area contributed by atoms with Crippen molar-refractivity contribution < 1.29 is 9.53 Å². The molecule has 0 radical (unpaired) electrons. The molecule has 3 nitrogen and oxygen atoms in total. The van der Waals surface area contributed by atoms with Gasteiger partial charge in [0.2, 0.25) is 5.91 Å². The SMILES string of the molecule is CC(=O)Nc1ccc(Oc2ccc3ccccc3c2Cl)c(Cl)c1. The number of benzene rings is 3. The van der Waals surface area contributed by atoms with E-state index in [1.165, 1.54) is 6.92 Å². The standard InChI is InChI=1S/C18H13Cl2NO2/c1-11(22)21-13-7-9-16(15(19)10-13)23-17-8-6-12-4-2-3-5-14(12)18(17)20/h2-10H,1H3,(H,21,22). The Labute approximate surface area is 143 Å². The summed E-state index contributed by atoms with van der Waals surface area (Å²) in [5, 5.41) is 5.54. The third-order valence-corrected chi connectivity index (χ3v) is 3.99. The van der Waals surface area contributed by atoms with Gasteiger partial charge >= 0.3 is 0 Å². The lowest BCUT2D eigenvalue weighted by atomic mass is 10.1. The lowest BCUT2D eigenvalue weighted by Gasteiger charge is -2.12. The highest BCUT2D eigenvalue weighted by atomic mass is 35.5. The minimum atomic E-state index is -0.160. The van der Waals surface area contributed by atoms with Crippen molar-refractivity contribution in [2.75, 3.05) is 5.32 Å². The molecule has 3 aromatic rings. The fourth-order valence-corrected chi connectivity index (χ4v) is 2.77. The molecule has 0 aliphatic rings. The van der Waals surface area contributed by atoms with Crippen LogP contribution in [0.25, 0.3) is 10.8 Å². The van der Waals surface area contributed by atoms with E-state index in [4.69, 9.17) is 27.9 Å². The van der Waals surface area contributed by atoms with Gasteiger partial charge < -0.3 is 10.1 Å². The van der Waals surface area contributed by atoms with Gasteiger partial charge in [-0.05, 0) is 29.7 Å². The van der Waals surface area contributed by atoms with Crippen molar-refractivity contribution in [3.8, 4) is 11.5 Å². The van der Waals surface area contributed by atoms with E-state index in [1.54, 1.807) is 18.2 Å². The van der Waals surface area contributed by atoms with Gasteiger partial charge in [0.25, 0.3) is 0 Å². The summed E-state index contributed by atoms with van der Waals surface area (Å²) in [4.78, 5) is 11.1. The quantitative estimate of drug-likeness (QED) is 0.641. The highest BCUT2D eigenvalue weighted by Crippen LogP contribution is 2.38. The Morgan fingerprint density at radius 1 is 1.00 bits per heavy atom. The summed E-state index contributed by atoms with van der Waals surface area (Å²) in [5.74, 6) is 0.838. The van der Waals surface area contributed by atoms with E-state index >= 15 is 0 Å². The molecule has 0 aliphatic carbocycles. The van der Waals surface area contributed by atoms with Gasteiger partial charge in [-0.3, -0.25) is 4.79 Å². The van der Waals surface area contributed by atoms with Gasteiger partial charge in [-0.15, -0.1) is 0 Å². The Bertz CT molecular complexity index is 893. The zero-order valence-corrected chi connectivity index (χ0v) is 13.8. The number of rotatable bonds is 3. The summed E-state index contributed by atoms with van der Waals surface area (Å²) >= 11 is 12.6. The number of hydrogen-bond donors (Lipinski definition) is 1. The van der Waals surface area contributed by atoms with Crippen LogP contribution in [0.1, 0.15) is 6.92 Å². The van der Waals surface area contributed by atoms with E-state index in [0.29, 0.717) is 27.2 Å². The normalized spacial score (nSPS) is 10.6. The summed E-state index contributed by atoms with van der Waals surface area (Å²) in [7, 11) is 0. The zero-order valence-electron chi connectivity index (χ0n) is 12.3. The fourth-order valence-electron chi connectivity index (χ4n) is 2.28. The smallest absolute Gasteiger partial charge is 0.221 e. The van der Waals surface area contributed by atoms with Crippen LogP contribution in [-0.2, 0) is 4.79 Å². The van der Waals surface area contributed by atoms with E-state index in [0.717, 1.165) is 10.8 Å². The molecule has 3 aromatic carbocycles. The van der Waals surface area contributed by atoms with Crippen molar-refractivity contribution in [2.24, 2.45) is 0 Å². The molecule has 0 atom stereocenters. The number of carbonyl (C=O) groups excluding carboxylic acids is 1. The molecule has 0 spiro atoms. The number of carbonyl (C=O) groups is 1. The Balaban J connectivity index is 1.93. The van der Waals surface area contributed by atoms with Gasteiger partial charge in [0.1, 0.15) is 11.5 Å². The van der Waals surface area contributed by atoms with Crippen molar-refractivity contribution in [3.63, 3.8) is 0 Å². The number of amides is 1. The Kier molecular flexibility index (Phi) is 4.42. The number of nitrogens with one attached hydrogen (secondary N) is 1. The van der Waals surface area contributed by atoms with Crippen molar-refractivity contribution in [2.45, 2.75) is 6.92 Å². The molecule has 0 aromatic heterocycles. The predicted octanol–water partition coefficient (Wildman–Crippen LogP) is 5.90. The highest BCUT2D eigenvalue weighted by molar-refractivity contribution is 6.37. The molecule has 0 heterocycles. The Morgan fingerprint density at radius 2 is 1.74 bits per heavy atom. The maximum atomic E-state index is 11.1. The first-order valence-corrected chi connectivity index (χ1v) is 7.72. The lowest BCUT2D eigenvalue weighted by Crippen LogP contribution is -2.05. The number of ether oxygens (including phenoxy) is 1. The van der Waals surface area contributed by atoms with Gasteiger partial charge in [0.15, 0.2) is 0 Å². The molecule has 0 bridgehead atoms. The van der Waals surface area contributed by atoms with Crippen LogP contribution in [0.15, 0.2) is 54.6 Å². The average Bonchev–Trinajstić information content (AvgIpc) is 2.52. The monoisotopic (exact) mass is 345 g/mol. The van der Waals surface area contributed by atoms with Crippen LogP contribution in [0.5, 0.6) is 11.5 Å². The van der Waals surface area contributed by atoms with Gasteiger partial charge in [0.05, 0.1) is 10.0 Å². The van der Waals surface area contributed by atoms with Crippen LogP contribution in [-0.4, -0.2) is 5.91 Å². The first-order valence-electron chi connectivity index (χ1n) is 6.97. The second kappa shape index (κ2) is 6.49. The van der Waals surface area contributed by atoms with Crippen LogP contribution < -0.4 is 10.1 Å². The Hall–Kier alpha value is -2.23. The van der Waals surface area contributed by atoms with Crippen molar-refractivity contribution in [1.82, 2.24) is 0 Å². The van der Waals surface area contributed by atoms with Crippen LogP contribution in [0.3, 0.4) is 0 Å². The first kappa shape index (κ1) is 15.7. The number of fused-ring (bicyclic) bond motifs is 1. The summed E-state index contributed by atoms with van der Waals surface area (Å²) < 4.78 is 5.83. The fraction of sp³-hybridized carbons (Fsp3) is 0.0556. The van der Waals surface area contributed by atoms with Crippen LogP contribution >= 0.6 is 23.2 Å². The minimum Gasteiger partial charge on any atom is -0.454 e. The number of anilines is 1. The van der Waals surface area contributed by atoms with Crippen molar-refractivity contribution in [1.29, 1.82) is 0 Å². The van der Waals surface area contributed by atoms with Crippen LogP contribution in [0.4, 0.5) is 5.69 Å². The predicted molar refractivity (Wildman–Crippen MR) is 94.8 cm³/mol. The van der Waals surface area contributed by atoms with Gasteiger partial charge in [-0.1, -0.05) is 53.5 Å². The second-order valence-electron chi connectivity index (χ2n) is 5.03. The average molecular weight is 346 g/mol. The molecular formula is C18H13Cl2NO2. The number of halogens is 2. The van der Waals surface area contributed by atoms with Crippen LogP contribution in [0, 0.1) is 0 Å². The van der Waals surface area contributed by atoms with Crippen molar-refractivity contribution in [3.05, 3.63) is 64.6 Å². The van der Waals surface area contributed by atoms with Crippen molar-refractivity contribution >= 4 is 45.6 Å². The molecular weight excluding hydrogens is 333 g/mol. The maximum absolute atomic E-state index is 11.1. The topological polar surface area (TPSA) is 38.3 Å². The number of hydrogen-bond acceptors (Lipinski definition) is 2. The Morgan fingerprint density at radius 3 is 2.48 bits per heavy atom. The summed E-state index contributed by atoms with van der Waals surface area (Å²) in [6, 6.07) is 16.6. The van der Waals surface area contributed by atoms with E-state index in [2.05, 4.69) is 5.32 Å². The van der Waals surface area contributed by atoms with E-state index in [9.17, 15) is 4.79 Å². The van der Waals surface area contributed by atoms with Crippen LogP contribution in [0.2, 0.25) is 10.0 Å². The molecule has 0 saturated carbocycles. The molecule has 23 heavy (non-hydrogen) atoms. The molecule has 0 fully saturated rings. The summed E-state index contributed by atoms with van der Waals surface area (Å²) in [6.07, 6.45) is 0. The molecule has 3 rings (SSSR count). The molecule has 1 N–H and O–H groups in total. The molecule has 116 valence electrons. The third-order valence-electron chi connectivity index (χ3n) is 3.30. The summed E-state index contributed by atoms with van der Waals surface area (Å²) in [6.45, 7) is 1.44. The zero-order chi connectivity index (χ0) is 16.4. The molecule has 5 heteroatoms. The van der Waals surface area contributed by atoms with Gasteiger partial charge in [0, 0.05) is 18.0 Å². The molecule has 1 amide bonds.